The molecule has 0 amide bonds. The number of rotatable bonds is 4. The first-order valence-electron chi connectivity index (χ1n) is 7.37. The molecule has 1 fully saturated rings. The van der Waals surface area contributed by atoms with Gasteiger partial charge in [-0.25, -0.2) is 0 Å². The summed E-state index contributed by atoms with van der Waals surface area (Å²) in [5.41, 5.74) is 8.68. The van der Waals surface area contributed by atoms with Crippen LogP contribution in [-0.4, -0.2) is 23.2 Å². The van der Waals surface area contributed by atoms with Crippen molar-refractivity contribution in [3.05, 3.63) is 28.9 Å². The molecule has 1 aliphatic rings. The molecule has 0 aliphatic heterocycles. The second-order valence-electron chi connectivity index (χ2n) is 5.77. The van der Waals surface area contributed by atoms with Gasteiger partial charge in [-0.05, 0) is 58.8 Å². The number of anilines is 2. The largest absolute Gasteiger partial charge is 0.398 e. The van der Waals surface area contributed by atoms with Gasteiger partial charge in [0.1, 0.15) is 0 Å². The van der Waals surface area contributed by atoms with Gasteiger partial charge in [0.15, 0.2) is 0 Å². The third-order valence-corrected chi connectivity index (χ3v) is 4.89. The molecule has 1 saturated carbocycles. The molecule has 0 saturated heterocycles. The van der Waals surface area contributed by atoms with Crippen molar-refractivity contribution in [2.75, 3.05) is 24.2 Å². The zero-order valence-corrected chi connectivity index (χ0v) is 13.4. The van der Waals surface area contributed by atoms with Crippen molar-refractivity contribution in [2.24, 2.45) is 11.8 Å². The number of aliphatic hydroxyl groups is 1. The van der Waals surface area contributed by atoms with Crippen LogP contribution in [0.2, 0.25) is 0 Å². The number of aromatic nitrogens is 1. The van der Waals surface area contributed by atoms with Gasteiger partial charge in [-0.1, -0.05) is 6.42 Å². The van der Waals surface area contributed by atoms with E-state index in [0.717, 1.165) is 39.7 Å². The smallest absolute Gasteiger partial charge is 0.0954 e. The number of nitrogen functional groups attached to an aromatic ring is 1. The van der Waals surface area contributed by atoms with Crippen LogP contribution >= 0.6 is 15.9 Å². The second-order valence-corrected chi connectivity index (χ2v) is 6.68. The number of pyridine rings is 1. The number of halogens is 1. The molecular formula is C16H20BrN3O. The summed E-state index contributed by atoms with van der Waals surface area (Å²) in [4.78, 5) is 4.49. The molecule has 2 atom stereocenters. The minimum atomic E-state index is 0.292. The fourth-order valence-electron chi connectivity index (χ4n) is 3.22. The molecule has 21 heavy (non-hydrogen) atoms. The summed E-state index contributed by atoms with van der Waals surface area (Å²) in [5.74, 6) is 0.970. The summed E-state index contributed by atoms with van der Waals surface area (Å²) >= 11 is 3.43. The van der Waals surface area contributed by atoms with Crippen molar-refractivity contribution < 1.29 is 5.11 Å². The predicted octanol–water partition coefficient (Wildman–Crippen LogP) is 3.40. The fraction of sp³-hybridized carbons (Fsp3) is 0.438. The normalized spacial score (nSPS) is 21.8. The Hall–Kier alpha value is -1.33. The van der Waals surface area contributed by atoms with Crippen LogP contribution < -0.4 is 11.1 Å². The number of nitrogens with one attached hydrogen (secondary N) is 1. The highest BCUT2D eigenvalue weighted by atomic mass is 79.9. The maximum Gasteiger partial charge on any atom is 0.0954 e. The third-order valence-electron chi connectivity index (χ3n) is 4.46. The minimum absolute atomic E-state index is 0.292. The van der Waals surface area contributed by atoms with Crippen LogP contribution in [0.1, 0.15) is 19.3 Å². The van der Waals surface area contributed by atoms with E-state index in [1.807, 2.05) is 18.2 Å². The van der Waals surface area contributed by atoms with Gasteiger partial charge in [-0.2, -0.15) is 0 Å². The van der Waals surface area contributed by atoms with Crippen LogP contribution in [0.3, 0.4) is 0 Å². The Morgan fingerprint density at radius 3 is 2.95 bits per heavy atom. The quantitative estimate of drug-likeness (QED) is 0.739. The zero-order valence-electron chi connectivity index (χ0n) is 11.8. The van der Waals surface area contributed by atoms with Crippen LogP contribution in [0.15, 0.2) is 28.9 Å². The highest BCUT2D eigenvalue weighted by Gasteiger charge is 2.26. The lowest BCUT2D eigenvalue weighted by molar-refractivity contribution is 0.199. The summed E-state index contributed by atoms with van der Waals surface area (Å²) in [5, 5.41) is 13.9. The van der Waals surface area contributed by atoms with E-state index >= 15 is 0 Å². The molecule has 2 aromatic rings. The van der Waals surface area contributed by atoms with Crippen molar-refractivity contribution >= 4 is 38.2 Å². The molecule has 4 N–H and O–H groups in total. The minimum Gasteiger partial charge on any atom is -0.398 e. The SMILES string of the molecule is Nc1ccc(NCC2CCCC2CO)c2ncc(Br)cc12. The maximum atomic E-state index is 9.41. The highest BCUT2D eigenvalue weighted by molar-refractivity contribution is 9.10. The first-order chi connectivity index (χ1) is 10.2. The van der Waals surface area contributed by atoms with E-state index in [1.165, 1.54) is 12.8 Å². The molecule has 2 unspecified atom stereocenters. The summed E-state index contributed by atoms with van der Waals surface area (Å²) in [6.07, 6.45) is 5.32. The van der Waals surface area contributed by atoms with Gasteiger partial charge in [-0.3, -0.25) is 4.98 Å². The Kier molecular flexibility index (Phi) is 4.31. The summed E-state index contributed by atoms with van der Waals surface area (Å²) in [6.45, 7) is 1.17. The molecule has 0 radical (unpaired) electrons. The van der Waals surface area contributed by atoms with Crippen LogP contribution in [0.25, 0.3) is 10.9 Å². The van der Waals surface area contributed by atoms with Crippen molar-refractivity contribution in [1.82, 2.24) is 4.98 Å². The molecule has 0 spiro atoms. The van der Waals surface area contributed by atoms with E-state index in [-0.39, 0.29) is 0 Å². The van der Waals surface area contributed by atoms with Gasteiger partial charge in [0.2, 0.25) is 0 Å². The topological polar surface area (TPSA) is 71.2 Å². The number of hydrogen-bond donors (Lipinski definition) is 3. The van der Waals surface area contributed by atoms with Crippen LogP contribution in [0.4, 0.5) is 11.4 Å². The molecule has 5 heteroatoms. The van der Waals surface area contributed by atoms with E-state index in [1.54, 1.807) is 6.20 Å². The zero-order chi connectivity index (χ0) is 14.8. The van der Waals surface area contributed by atoms with E-state index in [2.05, 4.69) is 26.2 Å². The van der Waals surface area contributed by atoms with Crippen LogP contribution in [0.5, 0.6) is 0 Å². The highest BCUT2D eigenvalue weighted by Crippen LogP contribution is 2.33. The Morgan fingerprint density at radius 2 is 2.14 bits per heavy atom. The van der Waals surface area contributed by atoms with E-state index < -0.39 is 0 Å². The number of aliphatic hydroxyl groups excluding tert-OH is 1. The summed E-state index contributed by atoms with van der Waals surface area (Å²) in [6, 6.07) is 5.90. The standard InChI is InChI=1S/C16H20BrN3O/c17-12-6-13-14(18)4-5-15(16(13)20-8-12)19-7-10-2-1-3-11(10)9-21/h4-6,8,10-11,19,21H,1-3,7,9,18H2. The van der Waals surface area contributed by atoms with Crippen molar-refractivity contribution in [1.29, 1.82) is 0 Å². The number of fused-ring (bicyclic) bond motifs is 1. The molecule has 0 bridgehead atoms. The lowest BCUT2D eigenvalue weighted by Gasteiger charge is -2.19. The van der Waals surface area contributed by atoms with E-state index in [4.69, 9.17) is 5.73 Å². The van der Waals surface area contributed by atoms with Gasteiger partial charge in [0.25, 0.3) is 0 Å². The van der Waals surface area contributed by atoms with Crippen LogP contribution in [0, 0.1) is 11.8 Å². The molecule has 1 aliphatic carbocycles. The fourth-order valence-corrected chi connectivity index (χ4v) is 3.55. The summed E-state index contributed by atoms with van der Waals surface area (Å²) < 4.78 is 0.926. The summed E-state index contributed by atoms with van der Waals surface area (Å²) in [7, 11) is 0. The predicted molar refractivity (Wildman–Crippen MR) is 90.3 cm³/mol. The van der Waals surface area contributed by atoms with Crippen molar-refractivity contribution in [2.45, 2.75) is 19.3 Å². The van der Waals surface area contributed by atoms with Gasteiger partial charge >= 0.3 is 0 Å². The number of nitrogens with zero attached hydrogens (tertiary/aromatic N) is 1. The lowest BCUT2D eigenvalue weighted by Crippen LogP contribution is -2.21. The molecule has 1 heterocycles. The molecule has 4 nitrogen and oxygen atoms in total. The van der Waals surface area contributed by atoms with E-state index in [0.29, 0.717) is 18.4 Å². The van der Waals surface area contributed by atoms with Crippen molar-refractivity contribution in [3.63, 3.8) is 0 Å². The Bertz CT molecular complexity index is 647. The third kappa shape index (κ3) is 2.99. The number of hydrogen-bond acceptors (Lipinski definition) is 4. The second kappa shape index (κ2) is 6.20. The van der Waals surface area contributed by atoms with Crippen molar-refractivity contribution in [3.8, 4) is 0 Å². The molecule has 1 aromatic heterocycles. The molecule has 112 valence electrons. The molecule has 1 aromatic carbocycles. The van der Waals surface area contributed by atoms with Crippen LogP contribution in [-0.2, 0) is 0 Å². The maximum absolute atomic E-state index is 9.41. The van der Waals surface area contributed by atoms with Gasteiger partial charge in [0.05, 0.1) is 11.2 Å². The Labute approximate surface area is 132 Å². The first-order valence-corrected chi connectivity index (χ1v) is 8.17. The molecule has 3 rings (SSSR count). The van der Waals surface area contributed by atoms with Gasteiger partial charge in [0, 0.05) is 34.9 Å². The first kappa shape index (κ1) is 14.6. The van der Waals surface area contributed by atoms with Gasteiger partial charge in [-0.15, -0.1) is 0 Å². The Morgan fingerprint density at radius 1 is 1.33 bits per heavy atom. The number of benzene rings is 1. The number of nitrogens with two attached hydrogens (primary N) is 1. The average Bonchev–Trinajstić information content (AvgIpc) is 2.94. The molecular weight excluding hydrogens is 330 g/mol. The van der Waals surface area contributed by atoms with Gasteiger partial charge < -0.3 is 16.2 Å². The average molecular weight is 350 g/mol. The lowest BCUT2D eigenvalue weighted by atomic mass is 9.97. The Balaban J connectivity index is 1.83. The monoisotopic (exact) mass is 349 g/mol. The van der Waals surface area contributed by atoms with E-state index in [9.17, 15) is 5.11 Å².